The molecule has 1 fully saturated rings. The van der Waals surface area contributed by atoms with E-state index in [2.05, 4.69) is 20.2 Å². The van der Waals surface area contributed by atoms with E-state index in [0.29, 0.717) is 34.4 Å². The minimum Gasteiger partial charge on any atom is -0.497 e. The molecule has 0 bridgehead atoms. The zero-order valence-electron chi connectivity index (χ0n) is 22.5. The maximum absolute atomic E-state index is 15.5. The Labute approximate surface area is 242 Å². The molecule has 1 unspecified atom stereocenters. The molecule has 14 heteroatoms. The van der Waals surface area contributed by atoms with E-state index in [9.17, 15) is 13.2 Å². The number of nitrogens with zero attached hydrogens (tertiary/aromatic N) is 5. The van der Waals surface area contributed by atoms with Crippen LogP contribution in [0.4, 0.5) is 17.6 Å². The third-order valence-corrected chi connectivity index (χ3v) is 7.50. The minimum atomic E-state index is -4.81. The number of aromatic amines is 1. The Hall–Kier alpha value is -4.10. The maximum Gasteiger partial charge on any atom is 0.451 e. The molecule has 1 atom stereocenters. The van der Waals surface area contributed by atoms with Crippen molar-refractivity contribution in [3.05, 3.63) is 65.0 Å². The van der Waals surface area contributed by atoms with Crippen LogP contribution in [0.25, 0.3) is 33.5 Å². The molecule has 0 aliphatic carbocycles. The first-order valence-corrected chi connectivity index (χ1v) is 13.4. The van der Waals surface area contributed by atoms with E-state index in [4.69, 9.17) is 25.8 Å². The van der Waals surface area contributed by atoms with Crippen molar-refractivity contribution in [2.75, 3.05) is 20.8 Å². The van der Waals surface area contributed by atoms with Gasteiger partial charge in [0.05, 0.1) is 38.2 Å². The Kier molecular flexibility index (Phi) is 7.31. The van der Waals surface area contributed by atoms with Crippen LogP contribution in [-0.4, -0.2) is 50.4 Å². The van der Waals surface area contributed by atoms with E-state index in [-0.39, 0.29) is 40.6 Å². The largest absolute Gasteiger partial charge is 0.497 e. The third-order valence-electron chi connectivity index (χ3n) is 7.14. The van der Waals surface area contributed by atoms with Gasteiger partial charge < -0.3 is 19.2 Å². The van der Waals surface area contributed by atoms with Gasteiger partial charge in [-0.25, -0.2) is 18.7 Å². The van der Waals surface area contributed by atoms with Crippen molar-refractivity contribution in [1.82, 2.24) is 29.5 Å². The number of H-pyrrole nitrogens is 1. The number of alkyl halides is 3. The first kappa shape index (κ1) is 28.0. The predicted octanol–water partition coefficient (Wildman–Crippen LogP) is 6.87. The number of aromatic nitrogens is 6. The molecule has 4 heterocycles. The molecule has 1 N–H and O–H groups in total. The summed E-state index contributed by atoms with van der Waals surface area (Å²) in [6, 6.07) is 8.08. The lowest BCUT2D eigenvalue weighted by Crippen LogP contribution is -2.18. The highest BCUT2D eigenvalue weighted by Crippen LogP contribution is 2.43. The molecule has 0 spiro atoms. The standard InChI is InChI=1S/C28H25ClF4N6O3/c1-40-17-8-6-15(7-9-17)13-39-27(28(31,32)33)36-26(37-39)25-21(16-12-34-38(14-16)20-5-3-4-10-42-20)18-11-19(41-2)22(29)23(30)24(18)35-25/h6-9,11-12,14,20,35H,3-5,10,13H2,1-2H3. The monoisotopic (exact) mass is 604 g/mol. The van der Waals surface area contributed by atoms with Crippen LogP contribution in [-0.2, 0) is 17.5 Å². The molecule has 42 heavy (non-hydrogen) atoms. The summed E-state index contributed by atoms with van der Waals surface area (Å²) in [5.41, 5.74) is 1.42. The fourth-order valence-electron chi connectivity index (χ4n) is 5.09. The number of hydrogen-bond acceptors (Lipinski definition) is 6. The molecule has 1 aliphatic heterocycles. The molecule has 2 aromatic carbocycles. The quantitative estimate of drug-likeness (QED) is 0.204. The zero-order chi connectivity index (χ0) is 29.6. The second kappa shape index (κ2) is 11.0. The van der Waals surface area contributed by atoms with Crippen LogP contribution in [0, 0.1) is 5.82 Å². The number of fused-ring (bicyclic) bond motifs is 1. The molecule has 0 saturated carbocycles. The van der Waals surface area contributed by atoms with Crippen LogP contribution >= 0.6 is 11.6 Å². The van der Waals surface area contributed by atoms with Gasteiger partial charge >= 0.3 is 6.18 Å². The van der Waals surface area contributed by atoms with E-state index in [0.717, 1.165) is 23.9 Å². The van der Waals surface area contributed by atoms with Crippen molar-refractivity contribution < 1.29 is 31.8 Å². The Bertz CT molecular complexity index is 1740. The lowest BCUT2D eigenvalue weighted by Gasteiger charge is -2.22. The van der Waals surface area contributed by atoms with Crippen molar-refractivity contribution in [3.8, 4) is 34.1 Å². The first-order valence-electron chi connectivity index (χ1n) is 13.1. The van der Waals surface area contributed by atoms with Crippen molar-refractivity contribution in [1.29, 1.82) is 0 Å². The Morgan fingerprint density at radius 2 is 1.93 bits per heavy atom. The van der Waals surface area contributed by atoms with Crippen LogP contribution in [0.5, 0.6) is 11.5 Å². The molecule has 1 aliphatic rings. The summed E-state index contributed by atoms with van der Waals surface area (Å²) >= 11 is 6.19. The SMILES string of the molecule is COc1ccc(Cn2nc(-c3[nH]c4c(F)c(Cl)c(OC)cc4c3-c3cnn(C4CCCCO4)c3)nc2C(F)(F)F)cc1. The van der Waals surface area contributed by atoms with Gasteiger partial charge in [-0.15, -0.1) is 5.10 Å². The summed E-state index contributed by atoms with van der Waals surface area (Å²) in [4.78, 5) is 6.78. The van der Waals surface area contributed by atoms with E-state index in [1.807, 2.05) is 0 Å². The van der Waals surface area contributed by atoms with Crippen molar-refractivity contribution in [2.24, 2.45) is 0 Å². The Morgan fingerprint density at radius 3 is 2.60 bits per heavy atom. The fraction of sp³-hybridized carbons (Fsp3) is 0.321. The molecule has 5 aromatic rings. The molecule has 6 rings (SSSR count). The number of hydrogen-bond donors (Lipinski definition) is 1. The van der Waals surface area contributed by atoms with E-state index >= 15 is 4.39 Å². The van der Waals surface area contributed by atoms with Gasteiger partial charge in [0.1, 0.15) is 22.7 Å². The summed E-state index contributed by atoms with van der Waals surface area (Å²) in [5.74, 6) is -1.69. The number of rotatable bonds is 7. The summed E-state index contributed by atoms with van der Waals surface area (Å²) in [6.45, 7) is 0.376. The lowest BCUT2D eigenvalue weighted by atomic mass is 10.0. The van der Waals surface area contributed by atoms with Crippen LogP contribution in [0.1, 0.15) is 36.9 Å². The lowest BCUT2D eigenvalue weighted by molar-refractivity contribution is -0.147. The summed E-state index contributed by atoms with van der Waals surface area (Å²) < 4.78 is 76.7. The number of ether oxygens (including phenoxy) is 3. The Morgan fingerprint density at radius 1 is 1.14 bits per heavy atom. The highest BCUT2D eigenvalue weighted by atomic mass is 35.5. The zero-order valence-corrected chi connectivity index (χ0v) is 23.3. The second-order valence-corrected chi connectivity index (χ2v) is 10.2. The smallest absolute Gasteiger partial charge is 0.451 e. The van der Waals surface area contributed by atoms with Crippen molar-refractivity contribution in [2.45, 2.75) is 38.2 Å². The normalized spacial score (nSPS) is 15.8. The average Bonchev–Trinajstić information content (AvgIpc) is 3.72. The molecular formula is C28H25ClF4N6O3. The summed E-state index contributed by atoms with van der Waals surface area (Å²) in [6.07, 6.45) is 0.818. The third kappa shape index (κ3) is 5.07. The van der Waals surface area contributed by atoms with E-state index in [1.54, 1.807) is 41.3 Å². The van der Waals surface area contributed by atoms with Crippen LogP contribution in [0.2, 0.25) is 5.02 Å². The molecule has 9 nitrogen and oxygen atoms in total. The van der Waals surface area contributed by atoms with Gasteiger partial charge in [0.25, 0.3) is 0 Å². The molecule has 0 radical (unpaired) electrons. The van der Waals surface area contributed by atoms with Gasteiger partial charge in [-0.2, -0.15) is 18.3 Å². The van der Waals surface area contributed by atoms with Crippen LogP contribution < -0.4 is 9.47 Å². The van der Waals surface area contributed by atoms with Gasteiger partial charge in [-0.1, -0.05) is 23.7 Å². The maximum atomic E-state index is 15.5. The van der Waals surface area contributed by atoms with E-state index in [1.165, 1.54) is 20.3 Å². The summed E-state index contributed by atoms with van der Waals surface area (Å²) in [5, 5.41) is 8.72. The summed E-state index contributed by atoms with van der Waals surface area (Å²) in [7, 11) is 2.84. The Balaban J connectivity index is 1.52. The number of halogens is 5. The first-order chi connectivity index (χ1) is 20.2. The van der Waals surface area contributed by atoms with Gasteiger partial charge in [-0.3, -0.25) is 0 Å². The van der Waals surface area contributed by atoms with Gasteiger partial charge in [0, 0.05) is 29.3 Å². The minimum absolute atomic E-state index is 0.0347. The van der Waals surface area contributed by atoms with Gasteiger partial charge in [-0.05, 0) is 43.0 Å². The highest BCUT2D eigenvalue weighted by Gasteiger charge is 2.39. The second-order valence-electron chi connectivity index (χ2n) is 9.80. The highest BCUT2D eigenvalue weighted by molar-refractivity contribution is 6.33. The van der Waals surface area contributed by atoms with E-state index < -0.39 is 17.8 Å². The molecule has 0 amide bonds. The number of benzene rings is 2. The molecule has 3 aromatic heterocycles. The number of methoxy groups -OCH3 is 2. The topological polar surface area (TPSA) is 92.0 Å². The van der Waals surface area contributed by atoms with Gasteiger partial charge in [0.2, 0.25) is 5.82 Å². The molecule has 220 valence electrons. The molecular weight excluding hydrogens is 580 g/mol. The molecule has 1 saturated heterocycles. The van der Waals surface area contributed by atoms with Crippen LogP contribution in [0.3, 0.4) is 0 Å². The number of nitrogens with one attached hydrogen (secondary N) is 1. The van der Waals surface area contributed by atoms with Crippen molar-refractivity contribution >= 4 is 22.5 Å². The van der Waals surface area contributed by atoms with Crippen molar-refractivity contribution in [3.63, 3.8) is 0 Å². The average molecular weight is 605 g/mol. The van der Waals surface area contributed by atoms with Crippen LogP contribution in [0.15, 0.2) is 42.7 Å². The predicted molar refractivity (Wildman–Crippen MR) is 146 cm³/mol. The fourth-order valence-corrected chi connectivity index (χ4v) is 5.32. The van der Waals surface area contributed by atoms with Gasteiger partial charge in [0.15, 0.2) is 11.6 Å².